The molecule has 0 aromatic carbocycles. The standard InChI is InChI=1S/C23H31N7O4S/c1-4-28-9-11-29(12-10-28)35(32,33)16-13-17(23(24-14-16)34-5-2)21-25-18-19(22(31)26-21)27-30-8-6-7-15(3)20(18)30/h13-15H,4-12H2,1-3H3,(H,25,26,31). The highest BCUT2D eigenvalue weighted by molar-refractivity contribution is 7.89. The van der Waals surface area contributed by atoms with Crippen molar-refractivity contribution in [1.82, 2.24) is 33.9 Å². The lowest BCUT2D eigenvalue weighted by Gasteiger charge is -2.33. The molecule has 11 nitrogen and oxygen atoms in total. The maximum absolute atomic E-state index is 13.4. The van der Waals surface area contributed by atoms with Gasteiger partial charge in [-0.2, -0.15) is 9.40 Å². The van der Waals surface area contributed by atoms with Gasteiger partial charge in [0.2, 0.25) is 15.9 Å². The number of fused-ring (bicyclic) bond motifs is 3. The second-order valence-corrected chi connectivity index (χ2v) is 11.0. The SMILES string of the molecule is CCOc1ncc(S(=O)(=O)N2CCN(CC)CC2)cc1-c1nc2c3n(nc2c(=O)[nH]1)CCCC3C. The summed E-state index contributed by atoms with van der Waals surface area (Å²) in [4.78, 5) is 27.1. The monoisotopic (exact) mass is 501 g/mol. The Morgan fingerprint density at radius 1 is 1.14 bits per heavy atom. The first-order valence-corrected chi connectivity index (χ1v) is 13.6. The molecule has 2 aliphatic heterocycles. The van der Waals surface area contributed by atoms with Crippen LogP contribution in [0.25, 0.3) is 22.4 Å². The molecule has 188 valence electrons. The van der Waals surface area contributed by atoms with Crippen LogP contribution in [0.1, 0.15) is 45.2 Å². The van der Waals surface area contributed by atoms with Gasteiger partial charge in [-0.15, -0.1) is 0 Å². The number of nitrogens with zero attached hydrogens (tertiary/aromatic N) is 6. The molecule has 3 aromatic heterocycles. The van der Waals surface area contributed by atoms with Crippen LogP contribution in [0, 0.1) is 0 Å². The van der Waals surface area contributed by atoms with Crippen molar-refractivity contribution in [2.75, 3.05) is 39.3 Å². The Kier molecular flexibility index (Phi) is 6.36. The van der Waals surface area contributed by atoms with E-state index in [0.717, 1.165) is 31.6 Å². The number of sulfonamides is 1. The zero-order valence-corrected chi connectivity index (χ0v) is 21.1. The van der Waals surface area contributed by atoms with Crippen molar-refractivity contribution < 1.29 is 13.2 Å². The van der Waals surface area contributed by atoms with Gasteiger partial charge in [-0.05, 0) is 32.4 Å². The molecule has 0 amide bonds. The number of rotatable bonds is 6. The number of likely N-dealkylation sites (N-methyl/N-ethyl adjacent to an activating group) is 1. The lowest BCUT2D eigenvalue weighted by molar-refractivity contribution is 0.196. The van der Waals surface area contributed by atoms with Crippen molar-refractivity contribution in [3.63, 3.8) is 0 Å². The van der Waals surface area contributed by atoms with Crippen LogP contribution < -0.4 is 10.3 Å². The third-order valence-corrected chi connectivity index (χ3v) is 8.75. The number of nitrogens with one attached hydrogen (secondary N) is 1. The predicted octanol–water partition coefficient (Wildman–Crippen LogP) is 1.80. The molecule has 5 heterocycles. The number of ether oxygens (including phenoxy) is 1. The number of hydrogen-bond donors (Lipinski definition) is 1. The smallest absolute Gasteiger partial charge is 0.279 e. The molecule has 1 saturated heterocycles. The third-order valence-electron chi connectivity index (χ3n) is 6.89. The van der Waals surface area contributed by atoms with E-state index in [1.807, 2.05) is 11.6 Å². The number of piperazine rings is 1. The van der Waals surface area contributed by atoms with Gasteiger partial charge in [0.1, 0.15) is 16.2 Å². The quantitative estimate of drug-likeness (QED) is 0.542. The Morgan fingerprint density at radius 3 is 2.63 bits per heavy atom. The Labute approximate surface area is 204 Å². The fourth-order valence-electron chi connectivity index (χ4n) is 4.94. The molecular formula is C23H31N7O4S. The Balaban J connectivity index is 1.61. The van der Waals surface area contributed by atoms with Gasteiger partial charge in [-0.1, -0.05) is 13.8 Å². The molecule has 2 aliphatic rings. The summed E-state index contributed by atoms with van der Waals surface area (Å²) in [5, 5.41) is 4.48. The zero-order valence-electron chi connectivity index (χ0n) is 20.3. The number of H-pyrrole nitrogens is 1. The minimum Gasteiger partial charge on any atom is -0.477 e. The van der Waals surface area contributed by atoms with Crippen LogP contribution in [0.4, 0.5) is 0 Å². The average molecular weight is 502 g/mol. The van der Waals surface area contributed by atoms with Crippen LogP contribution in [0.2, 0.25) is 0 Å². The van der Waals surface area contributed by atoms with E-state index in [0.29, 0.717) is 49.4 Å². The van der Waals surface area contributed by atoms with Crippen LogP contribution in [0.15, 0.2) is 22.0 Å². The molecule has 0 saturated carbocycles. The Hall–Kier alpha value is -2.83. The number of aromatic amines is 1. The fraction of sp³-hybridized carbons (Fsp3) is 0.565. The summed E-state index contributed by atoms with van der Waals surface area (Å²) < 4.78 is 35.9. The van der Waals surface area contributed by atoms with Crippen LogP contribution in [-0.2, 0) is 16.6 Å². The fourth-order valence-corrected chi connectivity index (χ4v) is 6.33. The van der Waals surface area contributed by atoms with E-state index in [1.165, 1.54) is 16.6 Å². The van der Waals surface area contributed by atoms with E-state index in [-0.39, 0.29) is 28.1 Å². The number of aryl methyl sites for hydroxylation is 1. The first-order valence-electron chi connectivity index (χ1n) is 12.2. The van der Waals surface area contributed by atoms with Gasteiger partial charge in [0.05, 0.1) is 24.1 Å². The number of pyridine rings is 1. The van der Waals surface area contributed by atoms with Crippen molar-refractivity contribution in [3.8, 4) is 17.3 Å². The van der Waals surface area contributed by atoms with Gasteiger partial charge in [0.25, 0.3) is 5.56 Å². The summed E-state index contributed by atoms with van der Waals surface area (Å²) in [6, 6.07) is 1.50. The minimum absolute atomic E-state index is 0.0500. The molecule has 1 unspecified atom stereocenters. The van der Waals surface area contributed by atoms with Gasteiger partial charge in [-0.3, -0.25) is 9.48 Å². The van der Waals surface area contributed by atoms with E-state index in [9.17, 15) is 13.2 Å². The number of aromatic nitrogens is 5. The normalized spacial score (nSPS) is 19.7. The van der Waals surface area contributed by atoms with E-state index < -0.39 is 10.0 Å². The van der Waals surface area contributed by atoms with Crippen molar-refractivity contribution in [2.45, 2.75) is 51.0 Å². The molecule has 1 atom stereocenters. The lowest BCUT2D eigenvalue weighted by atomic mass is 9.97. The maximum atomic E-state index is 13.4. The van der Waals surface area contributed by atoms with Gasteiger partial charge in [-0.25, -0.2) is 18.4 Å². The summed E-state index contributed by atoms with van der Waals surface area (Å²) in [6.45, 7) is 10.2. The third kappa shape index (κ3) is 4.23. The van der Waals surface area contributed by atoms with Crippen molar-refractivity contribution in [3.05, 3.63) is 28.3 Å². The molecular weight excluding hydrogens is 470 g/mol. The second kappa shape index (κ2) is 9.32. The summed E-state index contributed by atoms with van der Waals surface area (Å²) in [6.07, 6.45) is 3.31. The predicted molar refractivity (Wildman–Crippen MR) is 131 cm³/mol. The molecule has 0 bridgehead atoms. The highest BCUT2D eigenvalue weighted by Gasteiger charge is 2.30. The molecule has 0 spiro atoms. The van der Waals surface area contributed by atoms with Gasteiger partial charge >= 0.3 is 0 Å². The Morgan fingerprint density at radius 2 is 1.91 bits per heavy atom. The van der Waals surface area contributed by atoms with Crippen molar-refractivity contribution in [2.24, 2.45) is 0 Å². The molecule has 0 aliphatic carbocycles. The van der Waals surface area contributed by atoms with E-state index >= 15 is 0 Å². The van der Waals surface area contributed by atoms with E-state index in [1.54, 1.807) is 0 Å². The highest BCUT2D eigenvalue weighted by Crippen LogP contribution is 2.33. The largest absolute Gasteiger partial charge is 0.477 e. The Bertz CT molecular complexity index is 1410. The second-order valence-electron chi connectivity index (χ2n) is 9.06. The van der Waals surface area contributed by atoms with Crippen molar-refractivity contribution >= 4 is 21.1 Å². The first-order chi connectivity index (χ1) is 16.8. The van der Waals surface area contributed by atoms with Gasteiger partial charge in [0.15, 0.2) is 5.52 Å². The highest BCUT2D eigenvalue weighted by atomic mass is 32.2. The maximum Gasteiger partial charge on any atom is 0.279 e. The summed E-state index contributed by atoms with van der Waals surface area (Å²) in [7, 11) is -3.77. The molecule has 5 rings (SSSR count). The number of hydrogen-bond acceptors (Lipinski definition) is 8. The van der Waals surface area contributed by atoms with Crippen LogP contribution in [0.5, 0.6) is 5.88 Å². The molecule has 3 aromatic rings. The van der Waals surface area contributed by atoms with Crippen molar-refractivity contribution in [1.29, 1.82) is 0 Å². The lowest BCUT2D eigenvalue weighted by Crippen LogP contribution is -2.48. The first kappa shape index (κ1) is 23.9. The molecule has 35 heavy (non-hydrogen) atoms. The summed E-state index contributed by atoms with van der Waals surface area (Å²) in [5.41, 5.74) is 1.73. The topological polar surface area (TPSA) is 126 Å². The van der Waals surface area contributed by atoms with Gasteiger partial charge < -0.3 is 14.6 Å². The molecule has 0 radical (unpaired) electrons. The van der Waals surface area contributed by atoms with Gasteiger partial charge in [0, 0.05) is 38.6 Å². The van der Waals surface area contributed by atoms with E-state index in [4.69, 9.17) is 9.72 Å². The minimum atomic E-state index is -3.77. The molecule has 1 fully saturated rings. The molecule has 1 N–H and O–H groups in total. The van der Waals surface area contributed by atoms with Crippen LogP contribution >= 0.6 is 0 Å². The average Bonchev–Trinajstić information content (AvgIpc) is 3.25. The van der Waals surface area contributed by atoms with Crippen LogP contribution in [-0.4, -0.2) is 81.7 Å². The van der Waals surface area contributed by atoms with E-state index in [2.05, 4.69) is 33.8 Å². The van der Waals surface area contributed by atoms with Crippen LogP contribution in [0.3, 0.4) is 0 Å². The zero-order chi connectivity index (χ0) is 24.7. The molecule has 12 heteroatoms. The summed E-state index contributed by atoms with van der Waals surface area (Å²) in [5.74, 6) is 0.660. The summed E-state index contributed by atoms with van der Waals surface area (Å²) >= 11 is 0.